The predicted molar refractivity (Wildman–Crippen MR) is 87.9 cm³/mol. The predicted octanol–water partition coefficient (Wildman–Crippen LogP) is 1.87. The van der Waals surface area contributed by atoms with Gasteiger partial charge in [0.2, 0.25) is 5.69 Å². The maximum absolute atomic E-state index is 11.9. The van der Waals surface area contributed by atoms with Crippen LogP contribution in [0, 0.1) is 6.92 Å². The number of aromatic nitrogens is 4. The highest BCUT2D eigenvalue weighted by atomic mass is 16.5. The maximum atomic E-state index is 11.9. The molecule has 24 heavy (non-hydrogen) atoms. The number of rotatable bonds is 4. The SMILES string of the molecule is CCOC(=O)c1nnc2c(-c3ccc(OC)cc3)c(C)nn2c1N. The fraction of sp³-hybridized carbons (Fsp3) is 0.250. The fourth-order valence-electron chi connectivity index (χ4n) is 2.46. The minimum absolute atomic E-state index is 0.0480. The van der Waals surface area contributed by atoms with Gasteiger partial charge >= 0.3 is 5.97 Å². The third-order valence-electron chi connectivity index (χ3n) is 3.60. The second-order valence-corrected chi connectivity index (χ2v) is 5.08. The molecule has 1 aromatic carbocycles. The quantitative estimate of drug-likeness (QED) is 0.729. The Kier molecular flexibility index (Phi) is 4.03. The molecule has 0 unspecified atom stereocenters. The third kappa shape index (κ3) is 2.51. The Hall–Kier alpha value is -3.16. The minimum atomic E-state index is -0.622. The van der Waals surface area contributed by atoms with E-state index in [-0.39, 0.29) is 18.1 Å². The molecule has 124 valence electrons. The van der Waals surface area contributed by atoms with Gasteiger partial charge < -0.3 is 15.2 Å². The summed E-state index contributed by atoms with van der Waals surface area (Å²) in [6, 6.07) is 7.50. The molecule has 0 aliphatic rings. The number of anilines is 1. The van der Waals surface area contributed by atoms with Gasteiger partial charge in [0.25, 0.3) is 0 Å². The molecule has 3 rings (SSSR count). The van der Waals surface area contributed by atoms with E-state index in [4.69, 9.17) is 15.2 Å². The molecule has 8 heteroatoms. The molecule has 0 aliphatic carbocycles. The van der Waals surface area contributed by atoms with Crippen LogP contribution in [0.2, 0.25) is 0 Å². The van der Waals surface area contributed by atoms with Crippen molar-refractivity contribution in [1.82, 2.24) is 19.8 Å². The molecular weight excluding hydrogens is 310 g/mol. The van der Waals surface area contributed by atoms with E-state index in [1.807, 2.05) is 31.2 Å². The zero-order chi connectivity index (χ0) is 17.3. The molecule has 0 atom stereocenters. The lowest BCUT2D eigenvalue weighted by Gasteiger charge is -2.06. The van der Waals surface area contributed by atoms with Crippen molar-refractivity contribution >= 4 is 17.4 Å². The summed E-state index contributed by atoms with van der Waals surface area (Å²) in [6.07, 6.45) is 0. The maximum Gasteiger partial charge on any atom is 0.362 e. The van der Waals surface area contributed by atoms with E-state index in [9.17, 15) is 4.79 Å². The van der Waals surface area contributed by atoms with Gasteiger partial charge in [0.15, 0.2) is 11.5 Å². The van der Waals surface area contributed by atoms with Crippen molar-refractivity contribution in [2.24, 2.45) is 0 Å². The van der Waals surface area contributed by atoms with E-state index < -0.39 is 5.97 Å². The van der Waals surface area contributed by atoms with Crippen LogP contribution in [0.1, 0.15) is 23.1 Å². The number of benzene rings is 1. The van der Waals surface area contributed by atoms with E-state index in [1.54, 1.807) is 14.0 Å². The molecular formula is C16H17N5O3. The summed E-state index contributed by atoms with van der Waals surface area (Å²) < 4.78 is 11.5. The summed E-state index contributed by atoms with van der Waals surface area (Å²) in [5.74, 6) is 0.230. The Balaban J connectivity index is 2.15. The van der Waals surface area contributed by atoms with Crippen LogP contribution in [0.15, 0.2) is 24.3 Å². The van der Waals surface area contributed by atoms with Gasteiger partial charge in [-0.05, 0) is 31.5 Å². The summed E-state index contributed by atoms with van der Waals surface area (Å²) >= 11 is 0. The number of nitrogen functional groups attached to an aromatic ring is 1. The minimum Gasteiger partial charge on any atom is -0.497 e. The molecule has 0 radical (unpaired) electrons. The lowest BCUT2D eigenvalue weighted by Crippen LogP contribution is -2.15. The Morgan fingerprint density at radius 2 is 1.96 bits per heavy atom. The Morgan fingerprint density at radius 1 is 1.25 bits per heavy atom. The molecule has 0 amide bonds. The number of nitrogens with zero attached hydrogens (tertiary/aromatic N) is 4. The lowest BCUT2D eigenvalue weighted by molar-refractivity contribution is 0.0519. The van der Waals surface area contributed by atoms with Crippen molar-refractivity contribution in [3.05, 3.63) is 35.7 Å². The largest absolute Gasteiger partial charge is 0.497 e. The zero-order valence-electron chi connectivity index (χ0n) is 13.6. The third-order valence-corrected chi connectivity index (χ3v) is 3.60. The molecule has 2 aromatic heterocycles. The number of aryl methyl sites for hydroxylation is 1. The molecule has 0 spiro atoms. The molecule has 0 aliphatic heterocycles. The van der Waals surface area contributed by atoms with Gasteiger partial charge in [0.1, 0.15) is 5.75 Å². The summed E-state index contributed by atoms with van der Waals surface area (Å²) in [5.41, 5.74) is 8.89. The van der Waals surface area contributed by atoms with E-state index >= 15 is 0 Å². The second-order valence-electron chi connectivity index (χ2n) is 5.08. The molecule has 2 N–H and O–H groups in total. The van der Waals surface area contributed by atoms with Gasteiger partial charge in [-0.25, -0.2) is 4.79 Å². The number of ether oxygens (including phenoxy) is 2. The van der Waals surface area contributed by atoms with Gasteiger partial charge in [-0.1, -0.05) is 12.1 Å². The highest BCUT2D eigenvalue weighted by molar-refractivity contribution is 5.93. The lowest BCUT2D eigenvalue weighted by atomic mass is 10.1. The van der Waals surface area contributed by atoms with Crippen molar-refractivity contribution in [1.29, 1.82) is 0 Å². The number of carbonyl (C=O) groups is 1. The number of methoxy groups -OCH3 is 1. The molecule has 0 saturated carbocycles. The second kappa shape index (κ2) is 6.15. The molecule has 0 fully saturated rings. The van der Waals surface area contributed by atoms with Gasteiger partial charge in [0.05, 0.1) is 25.0 Å². The number of carbonyl (C=O) groups excluding carboxylic acids is 1. The molecule has 0 saturated heterocycles. The molecule has 8 nitrogen and oxygen atoms in total. The van der Waals surface area contributed by atoms with Crippen LogP contribution < -0.4 is 10.5 Å². The first-order valence-electron chi connectivity index (χ1n) is 7.39. The topological polar surface area (TPSA) is 105 Å². The first-order chi connectivity index (χ1) is 11.6. The molecule has 2 heterocycles. The van der Waals surface area contributed by atoms with E-state index in [0.29, 0.717) is 5.65 Å². The van der Waals surface area contributed by atoms with Crippen LogP contribution in [-0.4, -0.2) is 39.5 Å². The first kappa shape index (κ1) is 15.7. The van der Waals surface area contributed by atoms with Crippen molar-refractivity contribution < 1.29 is 14.3 Å². The van der Waals surface area contributed by atoms with Crippen LogP contribution in [0.25, 0.3) is 16.8 Å². The Bertz CT molecular complexity index is 902. The highest BCUT2D eigenvalue weighted by Gasteiger charge is 2.21. The van der Waals surface area contributed by atoms with Crippen LogP contribution in [0.5, 0.6) is 5.75 Å². The normalized spacial score (nSPS) is 10.8. The van der Waals surface area contributed by atoms with Crippen molar-refractivity contribution in [3.63, 3.8) is 0 Å². The van der Waals surface area contributed by atoms with Gasteiger partial charge in [-0.15, -0.1) is 10.2 Å². The summed E-state index contributed by atoms with van der Waals surface area (Å²) in [7, 11) is 1.61. The van der Waals surface area contributed by atoms with Crippen LogP contribution in [0.4, 0.5) is 5.82 Å². The van der Waals surface area contributed by atoms with Crippen molar-refractivity contribution in [2.75, 3.05) is 19.5 Å². The van der Waals surface area contributed by atoms with E-state index in [2.05, 4.69) is 15.3 Å². The highest BCUT2D eigenvalue weighted by Crippen LogP contribution is 2.29. The smallest absolute Gasteiger partial charge is 0.362 e. The number of hydrogen-bond donors (Lipinski definition) is 1. The number of nitrogens with two attached hydrogens (primary N) is 1. The number of hydrogen-bond acceptors (Lipinski definition) is 7. The van der Waals surface area contributed by atoms with Crippen molar-refractivity contribution in [2.45, 2.75) is 13.8 Å². The average Bonchev–Trinajstić information content (AvgIpc) is 2.92. The Morgan fingerprint density at radius 3 is 2.58 bits per heavy atom. The fourth-order valence-corrected chi connectivity index (χ4v) is 2.46. The Labute approximate surface area is 138 Å². The van der Waals surface area contributed by atoms with Crippen molar-refractivity contribution in [3.8, 4) is 16.9 Å². The summed E-state index contributed by atoms with van der Waals surface area (Å²) in [4.78, 5) is 11.9. The van der Waals surface area contributed by atoms with Crippen LogP contribution in [-0.2, 0) is 4.74 Å². The average molecular weight is 327 g/mol. The van der Waals surface area contributed by atoms with Gasteiger partial charge in [-0.2, -0.15) is 9.61 Å². The first-order valence-corrected chi connectivity index (χ1v) is 7.39. The van der Waals surface area contributed by atoms with E-state index in [1.165, 1.54) is 4.52 Å². The summed E-state index contributed by atoms with van der Waals surface area (Å²) in [6.45, 7) is 3.78. The molecule has 0 bridgehead atoms. The monoisotopic (exact) mass is 327 g/mol. The standard InChI is InChI=1S/C16H17N5O3/c1-4-24-16(22)13-14(17)21-15(19-18-13)12(9(2)20-21)10-5-7-11(23-3)8-6-10/h5-8H,4,17H2,1-3H3. The number of fused-ring (bicyclic) bond motifs is 1. The van der Waals surface area contributed by atoms with Gasteiger partial charge in [0, 0.05) is 0 Å². The van der Waals surface area contributed by atoms with Crippen LogP contribution in [0.3, 0.4) is 0 Å². The number of esters is 1. The van der Waals surface area contributed by atoms with E-state index in [0.717, 1.165) is 22.6 Å². The zero-order valence-corrected chi connectivity index (χ0v) is 13.6. The summed E-state index contributed by atoms with van der Waals surface area (Å²) in [5, 5.41) is 12.4. The van der Waals surface area contributed by atoms with Crippen LogP contribution >= 0.6 is 0 Å². The van der Waals surface area contributed by atoms with Gasteiger partial charge in [-0.3, -0.25) is 0 Å². The molecule has 3 aromatic rings.